The summed E-state index contributed by atoms with van der Waals surface area (Å²) in [6, 6.07) is 17.3. The van der Waals surface area contributed by atoms with Crippen molar-refractivity contribution in [3.8, 4) is 0 Å². The van der Waals surface area contributed by atoms with Crippen molar-refractivity contribution in [2.24, 2.45) is 7.05 Å². The molecule has 2 heteroatoms. The van der Waals surface area contributed by atoms with E-state index in [2.05, 4.69) is 72.1 Å². The first-order chi connectivity index (χ1) is 10.7. The first-order valence-electron chi connectivity index (χ1n) is 7.59. The van der Waals surface area contributed by atoms with Gasteiger partial charge in [-0.2, -0.15) is 0 Å². The van der Waals surface area contributed by atoms with Crippen LogP contribution in [0.15, 0.2) is 60.9 Å². The molecule has 0 fully saturated rings. The van der Waals surface area contributed by atoms with Crippen LogP contribution in [0.25, 0.3) is 21.8 Å². The van der Waals surface area contributed by atoms with Crippen molar-refractivity contribution in [2.75, 3.05) is 0 Å². The minimum Gasteiger partial charge on any atom is -0.342 e. The molecular weight excluding hydrogens is 268 g/mol. The molecule has 2 aromatic heterocycles. The average molecular weight is 286 g/mol. The van der Waals surface area contributed by atoms with Gasteiger partial charge in [-0.25, -0.2) is 0 Å². The third kappa shape index (κ3) is 2.00. The molecule has 0 N–H and O–H groups in total. The van der Waals surface area contributed by atoms with Gasteiger partial charge in [-0.3, -0.25) is 4.98 Å². The van der Waals surface area contributed by atoms with Gasteiger partial charge in [0.2, 0.25) is 0 Å². The summed E-state index contributed by atoms with van der Waals surface area (Å²) >= 11 is 0. The Morgan fingerprint density at radius 2 is 1.68 bits per heavy atom. The molecule has 0 amide bonds. The van der Waals surface area contributed by atoms with Gasteiger partial charge in [0.1, 0.15) is 0 Å². The molecular formula is C20H18N2. The summed E-state index contributed by atoms with van der Waals surface area (Å²) in [5.74, 6) is 0. The van der Waals surface area contributed by atoms with Gasteiger partial charge in [-0.15, -0.1) is 0 Å². The molecule has 2 nitrogen and oxygen atoms in total. The van der Waals surface area contributed by atoms with E-state index in [0.717, 1.165) is 6.42 Å². The average Bonchev–Trinajstić information content (AvgIpc) is 2.84. The molecule has 4 rings (SSSR count). The highest BCUT2D eigenvalue weighted by molar-refractivity contribution is 6.09. The smallest absolute Gasteiger partial charge is 0.0678 e. The van der Waals surface area contributed by atoms with Crippen LogP contribution in [0, 0.1) is 6.92 Å². The second kappa shape index (κ2) is 4.99. The maximum Gasteiger partial charge on any atom is 0.0678 e. The molecule has 0 saturated carbocycles. The standard InChI is InChI=1S/C20H18N2/c1-14-7-9-15(10-8-14)11-16-12-21-13-19-20(16)17-5-3-4-6-18(17)22(19)2/h3-10,12-13H,11H2,1-2H3. The zero-order valence-corrected chi connectivity index (χ0v) is 12.9. The second-order valence-electron chi connectivity index (χ2n) is 5.93. The highest BCUT2D eigenvalue weighted by Crippen LogP contribution is 2.31. The Bertz CT molecular complexity index is 962. The fourth-order valence-corrected chi connectivity index (χ4v) is 3.22. The van der Waals surface area contributed by atoms with Crippen molar-refractivity contribution < 1.29 is 0 Å². The monoisotopic (exact) mass is 286 g/mol. The number of benzene rings is 2. The van der Waals surface area contributed by atoms with E-state index in [4.69, 9.17) is 0 Å². The van der Waals surface area contributed by atoms with Crippen molar-refractivity contribution in [3.05, 3.63) is 77.6 Å². The molecule has 0 bridgehead atoms. The number of rotatable bonds is 2. The third-order valence-corrected chi connectivity index (χ3v) is 4.42. The Morgan fingerprint density at radius 1 is 0.909 bits per heavy atom. The molecule has 2 aromatic carbocycles. The van der Waals surface area contributed by atoms with Gasteiger partial charge in [0.25, 0.3) is 0 Å². The van der Waals surface area contributed by atoms with Crippen LogP contribution in [0.4, 0.5) is 0 Å². The van der Waals surface area contributed by atoms with Crippen LogP contribution in [0.3, 0.4) is 0 Å². The molecule has 0 aliphatic carbocycles. The molecule has 0 saturated heterocycles. The zero-order valence-electron chi connectivity index (χ0n) is 12.9. The first-order valence-corrected chi connectivity index (χ1v) is 7.59. The van der Waals surface area contributed by atoms with Gasteiger partial charge in [0.05, 0.1) is 11.7 Å². The van der Waals surface area contributed by atoms with Crippen LogP contribution in [0.5, 0.6) is 0 Å². The van der Waals surface area contributed by atoms with Crippen LogP contribution in [-0.4, -0.2) is 9.55 Å². The molecule has 0 aliphatic heterocycles. The summed E-state index contributed by atoms with van der Waals surface area (Å²) in [6.07, 6.45) is 4.89. The lowest BCUT2D eigenvalue weighted by molar-refractivity contribution is 1.01. The highest BCUT2D eigenvalue weighted by atomic mass is 14.9. The molecule has 0 spiro atoms. The fourth-order valence-electron chi connectivity index (χ4n) is 3.22. The molecule has 0 unspecified atom stereocenters. The minimum absolute atomic E-state index is 0.915. The number of hydrogen-bond donors (Lipinski definition) is 0. The van der Waals surface area contributed by atoms with Gasteiger partial charge >= 0.3 is 0 Å². The van der Waals surface area contributed by atoms with Crippen LogP contribution >= 0.6 is 0 Å². The fraction of sp³-hybridized carbons (Fsp3) is 0.150. The molecule has 22 heavy (non-hydrogen) atoms. The predicted octanol–water partition coefficient (Wildman–Crippen LogP) is 4.63. The maximum absolute atomic E-state index is 4.46. The molecule has 108 valence electrons. The van der Waals surface area contributed by atoms with Crippen molar-refractivity contribution in [1.82, 2.24) is 9.55 Å². The van der Waals surface area contributed by atoms with Crippen LogP contribution < -0.4 is 0 Å². The summed E-state index contributed by atoms with van der Waals surface area (Å²) in [6.45, 7) is 2.12. The lowest BCUT2D eigenvalue weighted by atomic mass is 10.0. The first kappa shape index (κ1) is 13.1. The Morgan fingerprint density at radius 3 is 2.50 bits per heavy atom. The van der Waals surface area contributed by atoms with Gasteiger partial charge in [0.15, 0.2) is 0 Å². The predicted molar refractivity (Wildman–Crippen MR) is 92.2 cm³/mol. The van der Waals surface area contributed by atoms with E-state index < -0.39 is 0 Å². The number of para-hydroxylation sites is 1. The van der Waals surface area contributed by atoms with E-state index in [1.54, 1.807) is 0 Å². The van der Waals surface area contributed by atoms with Gasteiger partial charge in [0, 0.05) is 29.5 Å². The summed E-state index contributed by atoms with van der Waals surface area (Å²) < 4.78 is 2.23. The summed E-state index contributed by atoms with van der Waals surface area (Å²) in [5, 5.41) is 2.64. The minimum atomic E-state index is 0.915. The number of pyridine rings is 1. The molecule has 0 atom stereocenters. The number of aromatic nitrogens is 2. The van der Waals surface area contributed by atoms with E-state index in [1.807, 2.05) is 12.4 Å². The normalized spacial score (nSPS) is 11.4. The number of nitrogens with zero attached hydrogens (tertiary/aromatic N) is 2. The summed E-state index contributed by atoms with van der Waals surface area (Å²) in [4.78, 5) is 4.46. The quantitative estimate of drug-likeness (QED) is 0.525. The van der Waals surface area contributed by atoms with E-state index in [0.29, 0.717) is 0 Å². The maximum atomic E-state index is 4.46. The Balaban J connectivity index is 1.94. The van der Waals surface area contributed by atoms with Gasteiger partial charge in [-0.05, 0) is 30.5 Å². The highest BCUT2D eigenvalue weighted by Gasteiger charge is 2.12. The van der Waals surface area contributed by atoms with Gasteiger partial charge < -0.3 is 4.57 Å². The lowest BCUT2D eigenvalue weighted by Gasteiger charge is -2.05. The van der Waals surface area contributed by atoms with Gasteiger partial charge in [-0.1, -0.05) is 48.0 Å². The Hall–Kier alpha value is -2.61. The SMILES string of the molecule is Cc1ccc(Cc2cncc3c2c2ccccc2n3C)cc1. The number of fused-ring (bicyclic) bond motifs is 3. The second-order valence-corrected chi connectivity index (χ2v) is 5.93. The van der Waals surface area contributed by atoms with E-state index in [1.165, 1.54) is 38.5 Å². The van der Waals surface area contributed by atoms with Crippen LogP contribution in [-0.2, 0) is 13.5 Å². The van der Waals surface area contributed by atoms with E-state index >= 15 is 0 Å². The largest absolute Gasteiger partial charge is 0.342 e. The molecule has 2 heterocycles. The Labute approximate surface area is 130 Å². The van der Waals surface area contributed by atoms with Crippen molar-refractivity contribution in [2.45, 2.75) is 13.3 Å². The summed E-state index contributed by atoms with van der Waals surface area (Å²) in [7, 11) is 2.11. The molecule has 0 radical (unpaired) electrons. The lowest BCUT2D eigenvalue weighted by Crippen LogP contribution is -1.92. The van der Waals surface area contributed by atoms with Crippen molar-refractivity contribution in [3.63, 3.8) is 0 Å². The topological polar surface area (TPSA) is 17.8 Å². The van der Waals surface area contributed by atoms with Crippen LogP contribution in [0.1, 0.15) is 16.7 Å². The molecule has 4 aromatic rings. The van der Waals surface area contributed by atoms with Crippen LogP contribution in [0.2, 0.25) is 0 Å². The molecule has 0 aliphatic rings. The summed E-state index contributed by atoms with van der Waals surface area (Å²) in [5.41, 5.74) is 6.37. The van der Waals surface area contributed by atoms with E-state index in [9.17, 15) is 0 Å². The van der Waals surface area contributed by atoms with Crippen molar-refractivity contribution >= 4 is 21.8 Å². The Kier molecular flexibility index (Phi) is 2.97. The van der Waals surface area contributed by atoms with E-state index in [-0.39, 0.29) is 0 Å². The third-order valence-electron chi connectivity index (χ3n) is 4.42. The number of hydrogen-bond acceptors (Lipinski definition) is 1. The van der Waals surface area contributed by atoms with Crippen molar-refractivity contribution in [1.29, 1.82) is 0 Å². The zero-order chi connectivity index (χ0) is 15.1. The number of aryl methyl sites for hydroxylation is 2.